The monoisotopic (exact) mass is 266 g/mol. The van der Waals surface area contributed by atoms with Crippen molar-refractivity contribution in [1.29, 1.82) is 0 Å². The minimum atomic E-state index is -0.751. The second-order valence-electron chi connectivity index (χ2n) is 5.06. The lowest BCUT2D eigenvalue weighted by Gasteiger charge is -2.22. The third kappa shape index (κ3) is 3.03. The molecule has 2 rings (SSSR count). The normalized spacial score (nSPS) is 20.1. The van der Waals surface area contributed by atoms with Crippen LogP contribution in [0.4, 0.5) is 15.8 Å². The Morgan fingerprint density at radius 3 is 2.89 bits per heavy atom. The lowest BCUT2D eigenvalue weighted by molar-refractivity contribution is -0.386. The molecule has 1 aliphatic rings. The molecule has 0 spiro atoms. The van der Waals surface area contributed by atoms with E-state index in [9.17, 15) is 14.5 Å². The van der Waals surface area contributed by atoms with Gasteiger partial charge in [-0.15, -0.1) is 0 Å². The van der Waals surface area contributed by atoms with Crippen LogP contribution in [0.5, 0.6) is 0 Å². The van der Waals surface area contributed by atoms with Crippen LogP contribution >= 0.6 is 0 Å². The fraction of sp³-hybridized carbons (Fsp3) is 0.571. The number of hydrogen-bond acceptors (Lipinski definition) is 3. The van der Waals surface area contributed by atoms with Gasteiger partial charge in [-0.25, -0.2) is 0 Å². The van der Waals surface area contributed by atoms with Crippen LogP contribution < -0.4 is 4.90 Å². The summed E-state index contributed by atoms with van der Waals surface area (Å²) in [5.41, 5.74) is 0.0270. The van der Waals surface area contributed by atoms with Crippen LogP contribution in [-0.4, -0.2) is 18.0 Å². The highest BCUT2D eigenvalue weighted by Gasteiger charge is 2.25. The summed E-state index contributed by atoms with van der Waals surface area (Å²) >= 11 is 0. The summed E-state index contributed by atoms with van der Waals surface area (Å²) in [6, 6.07) is 4.33. The predicted molar refractivity (Wildman–Crippen MR) is 72.9 cm³/mol. The van der Waals surface area contributed by atoms with Crippen LogP contribution in [0.25, 0.3) is 0 Å². The molecule has 0 amide bonds. The van der Waals surface area contributed by atoms with Gasteiger partial charge in [0.25, 0.3) is 0 Å². The van der Waals surface area contributed by atoms with E-state index in [4.69, 9.17) is 0 Å². The van der Waals surface area contributed by atoms with E-state index in [2.05, 4.69) is 6.92 Å². The first-order valence-electron chi connectivity index (χ1n) is 6.81. The van der Waals surface area contributed by atoms with Gasteiger partial charge in [0.15, 0.2) is 0 Å². The second-order valence-corrected chi connectivity index (χ2v) is 5.06. The van der Waals surface area contributed by atoms with E-state index in [1.807, 2.05) is 4.90 Å². The van der Waals surface area contributed by atoms with E-state index in [0.29, 0.717) is 11.6 Å². The molecule has 0 aromatic heterocycles. The van der Waals surface area contributed by atoms with Crippen molar-refractivity contribution >= 4 is 11.4 Å². The zero-order valence-electron chi connectivity index (χ0n) is 11.1. The van der Waals surface area contributed by atoms with Crippen LogP contribution in [0.2, 0.25) is 0 Å². The summed E-state index contributed by atoms with van der Waals surface area (Å²) in [4.78, 5) is 12.4. The molecule has 19 heavy (non-hydrogen) atoms. The van der Waals surface area contributed by atoms with Gasteiger partial charge in [-0.2, -0.15) is 4.39 Å². The Labute approximate surface area is 112 Å². The summed E-state index contributed by atoms with van der Waals surface area (Å²) in [6.07, 6.45) is 4.31. The fourth-order valence-electron chi connectivity index (χ4n) is 2.75. The fourth-order valence-corrected chi connectivity index (χ4v) is 2.75. The quantitative estimate of drug-likeness (QED) is 0.618. The molecule has 0 radical (unpaired) electrons. The van der Waals surface area contributed by atoms with Crippen molar-refractivity contribution in [2.24, 2.45) is 5.92 Å². The largest absolute Gasteiger partial charge is 0.366 e. The third-order valence-corrected chi connectivity index (χ3v) is 3.91. The molecule has 0 aliphatic carbocycles. The Morgan fingerprint density at radius 1 is 1.42 bits per heavy atom. The highest BCUT2D eigenvalue weighted by Crippen LogP contribution is 2.33. The predicted octanol–water partition coefficient (Wildman–Crippen LogP) is 3.75. The minimum Gasteiger partial charge on any atom is -0.366 e. The third-order valence-electron chi connectivity index (χ3n) is 3.91. The first-order valence-corrected chi connectivity index (χ1v) is 6.81. The number of benzene rings is 1. The van der Waals surface area contributed by atoms with Crippen molar-refractivity contribution in [2.75, 3.05) is 18.0 Å². The summed E-state index contributed by atoms with van der Waals surface area (Å²) in [5.74, 6) is -0.0728. The Balaban J connectivity index is 2.26. The van der Waals surface area contributed by atoms with Gasteiger partial charge in [0.05, 0.1) is 4.92 Å². The molecule has 5 heteroatoms. The average Bonchev–Trinajstić information content (AvgIpc) is 2.63. The van der Waals surface area contributed by atoms with Crippen molar-refractivity contribution in [1.82, 2.24) is 0 Å². The lowest BCUT2D eigenvalue weighted by Crippen LogP contribution is -2.25. The van der Waals surface area contributed by atoms with Gasteiger partial charge >= 0.3 is 5.69 Å². The maximum atomic E-state index is 13.6. The standard InChI is InChI=1S/C14H19FN2O2/c1-2-11-5-4-9-16(10-8-11)13-7-3-6-12(15)14(13)17(18)19/h3,6-7,11H,2,4-5,8-10H2,1H3. The number of nitro benzene ring substituents is 1. The molecule has 0 bridgehead atoms. The molecule has 1 heterocycles. The Kier molecular flexibility index (Phi) is 4.35. The average molecular weight is 266 g/mol. The van der Waals surface area contributed by atoms with E-state index in [0.717, 1.165) is 44.8 Å². The Bertz CT molecular complexity index is 465. The minimum absolute atomic E-state index is 0.391. The van der Waals surface area contributed by atoms with Crippen molar-refractivity contribution in [3.8, 4) is 0 Å². The first kappa shape index (κ1) is 13.8. The molecule has 104 valence electrons. The first-order chi connectivity index (χ1) is 9.13. The maximum absolute atomic E-state index is 13.6. The van der Waals surface area contributed by atoms with Crippen LogP contribution in [0.15, 0.2) is 18.2 Å². The number of para-hydroxylation sites is 1. The SMILES string of the molecule is CCC1CCCN(c2cccc(F)c2[N+](=O)[O-])CC1. The molecule has 1 aromatic carbocycles. The molecule has 4 nitrogen and oxygen atoms in total. The number of anilines is 1. The second kappa shape index (κ2) is 5.99. The molecule has 1 unspecified atom stereocenters. The topological polar surface area (TPSA) is 46.4 Å². The number of nitro groups is 1. The molecule has 1 fully saturated rings. The van der Waals surface area contributed by atoms with Gasteiger partial charge in [0, 0.05) is 13.1 Å². The molecule has 0 N–H and O–H groups in total. The number of nitrogens with zero attached hydrogens (tertiary/aromatic N) is 2. The van der Waals surface area contributed by atoms with Crippen molar-refractivity contribution < 1.29 is 9.31 Å². The van der Waals surface area contributed by atoms with Gasteiger partial charge in [0.2, 0.25) is 5.82 Å². The number of halogens is 1. The zero-order chi connectivity index (χ0) is 13.8. The summed E-state index contributed by atoms with van der Waals surface area (Å²) < 4.78 is 13.6. The van der Waals surface area contributed by atoms with Crippen LogP contribution in [0, 0.1) is 21.8 Å². The molecule has 1 saturated heterocycles. The molecule has 0 saturated carbocycles. The van der Waals surface area contributed by atoms with E-state index in [1.165, 1.54) is 0 Å². The molecule has 1 aliphatic heterocycles. The molecular weight excluding hydrogens is 247 g/mol. The van der Waals surface area contributed by atoms with E-state index in [1.54, 1.807) is 12.1 Å². The smallest absolute Gasteiger partial charge is 0.327 e. The van der Waals surface area contributed by atoms with E-state index >= 15 is 0 Å². The summed E-state index contributed by atoms with van der Waals surface area (Å²) in [6.45, 7) is 3.70. The molecule has 1 atom stereocenters. The van der Waals surface area contributed by atoms with E-state index < -0.39 is 16.4 Å². The molecule has 1 aromatic rings. The Hall–Kier alpha value is -1.65. The van der Waals surface area contributed by atoms with Gasteiger partial charge in [-0.05, 0) is 37.3 Å². The van der Waals surface area contributed by atoms with Crippen LogP contribution in [0.3, 0.4) is 0 Å². The van der Waals surface area contributed by atoms with Gasteiger partial charge in [0.1, 0.15) is 5.69 Å². The number of rotatable bonds is 3. The van der Waals surface area contributed by atoms with Gasteiger partial charge in [-0.1, -0.05) is 19.4 Å². The lowest BCUT2D eigenvalue weighted by atomic mass is 9.98. The van der Waals surface area contributed by atoms with Gasteiger partial charge < -0.3 is 4.90 Å². The van der Waals surface area contributed by atoms with Crippen LogP contribution in [0.1, 0.15) is 32.6 Å². The Morgan fingerprint density at radius 2 is 2.21 bits per heavy atom. The number of hydrogen-bond donors (Lipinski definition) is 0. The maximum Gasteiger partial charge on any atom is 0.327 e. The van der Waals surface area contributed by atoms with Crippen molar-refractivity contribution in [3.05, 3.63) is 34.1 Å². The summed E-state index contributed by atoms with van der Waals surface area (Å²) in [5, 5.41) is 11.0. The van der Waals surface area contributed by atoms with Crippen LogP contribution in [-0.2, 0) is 0 Å². The van der Waals surface area contributed by atoms with Gasteiger partial charge in [-0.3, -0.25) is 10.1 Å². The highest BCUT2D eigenvalue weighted by molar-refractivity contribution is 5.63. The van der Waals surface area contributed by atoms with Crippen molar-refractivity contribution in [2.45, 2.75) is 32.6 Å². The van der Waals surface area contributed by atoms with Crippen molar-refractivity contribution in [3.63, 3.8) is 0 Å². The van der Waals surface area contributed by atoms with E-state index in [-0.39, 0.29) is 0 Å². The highest BCUT2D eigenvalue weighted by atomic mass is 19.1. The molecular formula is C14H19FN2O2. The summed E-state index contributed by atoms with van der Waals surface area (Å²) in [7, 11) is 0. The zero-order valence-corrected chi connectivity index (χ0v) is 11.1.